The van der Waals surface area contributed by atoms with E-state index in [4.69, 9.17) is 10.5 Å². The van der Waals surface area contributed by atoms with E-state index in [1.165, 1.54) is 0 Å². The normalized spacial score (nSPS) is 10.7. The average molecular weight is 470 g/mol. The Bertz CT molecular complexity index is 1330. The molecule has 0 atom stereocenters. The first-order valence-corrected chi connectivity index (χ1v) is 11.4. The van der Waals surface area contributed by atoms with E-state index in [0.717, 1.165) is 27.7 Å². The molecule has 0 spiro atoms. The Balaban J connectivity index is 1.55. The fraction of sp³-hybridized carbons (Fsp3) is 0.185. The van der Waals surface area contributed by atoms with Crippen LogP contribution in [0.15, 0.2) is 72.8 Å². The number of hydrogen-bond donors (Lipinski definition) is 2. The number of anilines is 2. The molecule has 4 rings (SSSR count). The predicted molar refractivity (Wildman–Crippen MR) is 137 cm³/mol. The van der Waals surface area contributed by atoms with E-state index in [1.807, 2.05) is 62.4 Å². The topological polar surface area (TPSA) is 110 Å². The monoisotopic (exact) mass is 469 g/mol. The van der Waals surface area contributed by atoms with Gasteiger partial charge in [0.05, 0.1) is 0 Å². The number of carbonyl (C=O) groups is 2. The third kappa shape index (κ3) is 5.38. The van der Waals surface area contributed by atoms with Gasteiger partial charge in [0.2, 0.25) is 5.91 Å². The Hall–Kier alpha value is -4.46. The number of hydrogen-bond acceptors (Lipinski definition) is 6. The summed E-state index contributed by atoms with van der Waals surface area (Å²) in [5.74, 6) is 0.705. The summed E-state index contributed by atoms with van der Waals surface area (Å²) in [4.78, 5) is 25.2. The zero-order valence-corrected chi connectivity index (χ0v) is 19.7. The van der Waals surface area contributed by atoms with Gasteiger partial charge in [-0.05, 0) is 62.4 Å². The van der Waals surface area contributed by atoms with Crippen molar-refractivity contribution in [3.8, 4) is 17.0 Å². The summed E-state index contributed by atoms with van der Waals surface area (Å²) in [6, 6.07) is 22.2. The second-order valence-corrected chi connectivity index (χ2v) is 7.89. The molecule has 0 saturated heterocycles. The lowest BCUT2D eigenvalue weighted by molar-refractivity contribution is -0.132. The summed E-state index contributed by atoms with van der Waals surface area (Å²) in [7, 11) is 0. The molecule has 1 aromatic heterocycles. The molecule has 8 nitrogen and oxygen atoms in total. The summed E-state index contributed by atoms with van der Waals surface area (Å²) < 4.78 is 5.67. The smallest absolute Gasteiger partial charge is 0.260 e. The highest BCUT2D eigenvalue weighted by molar-refractivity contribution is 6.01. The highest BCUT2D eigenvalue weighted by Gasteiger charge is 2.13. The van der Waals surface area contributed by atoms with Crippen LogP contribution in [0.3, 0.4) is 0 Å². The maximum Gasteiger partial charge on any atom is 0.260 e. The van der Waals surface area contributed by atoms with Gasteiger partial charge in [0.15, 0.2) is 12.4 Å². The third-order valence-corrected chi connectivity index (χ3v) is 5.73. The largest absolute Gasteiger partial charge is 0.484 e. The van der Waals surface area contributed by atoms with Crippen LogP contribution < -0.4 is 15.8 Å². The van der Waals surface area contributed by atoms with Crippen LogP contribution >= 0.6 is 0 Å². The van der Waals surface area contributed by atoms with Crippen LogP contribution in [-0.4, -0.2) is 46.6 Å². The first-order chi connectivity index (χ1) is 17.0. The standard InChI is InChI=1S/C27H27N5O3/c1-3-32(4-2)24(33)17-35-21-15-11-18(12-16-21)25-22-7-5-6-8-23(22)27(31-30-25)29-20-13-9-19(10-14-20)26(28)34/h5-16H,3-4,17H2,1-2H3,(H2,28,34)(H,29,31). The Kier molecular flexibility index (Phi) is 7.21. The van der Waals surface area contributed by atoms with Crippen molar-refractivity contribution in [3.63, 3.8) is 0 Å². The van der Waals surface area contributed by atoms with Crippen molar-refractivity contribution >= 4 is 34.1 Å². The van der Waals surface area contributed by atoms with Crippen molar-refractivity contribution in [3.05, 3.63) is 78.4 Å². The Morgan fingerprint density at radius 1 is 0.886 bits per heavy atom. The third-order valence-electron chi connectivity index (χ3n) is 5.73. The molecule has 178 valence electrons. The average Bonchev–Trinajstić information content (AvgIpc) is 2.89. The van der Waals surface area contributed by atoms with Crippen molar-refractivity contribution in [2.24, 2.45) is 5.73 Å². The zero-order valence-electron chi connectivity index (χ0n) is 19.7. The Labute approximate surface area is 203 Å². The Morgan fingerprint density at radius 3 is 2.17 bits per heavy atom. The van der Waals surface area contributed by atoms with Crippen molar-refractivity contribution in [2.45, 2.75) is 13.8 Å². The van der Waals surface area contributed by atoms with E-state index in [-0.39, 0.29) is 12.5 Å². The molecule has 0 aliphatic carbocycles. The van der Waals surface area contributed by atoms with E-state index < -0.39 is 5.91 Å². The number of primary amides is 1. The fourth-order valence-corrected chi connectivity index (χ4v) is 3.79. The fourth-order valence-electron chi connectivity index (χ4n) is 3.79. The van der Waals surface area contributed by atoms with E-state index in [1.54, 1.807) is 29.2 Å². The zero-order chi connectivity index (χ0) is 24.8. The van der Waals surface area contributed by atoms with Gasteiger partial charge in [-0.3, -0.25) is 9.59 Å². The van der Waals surface area contributed by atoms with E-state index >= 15 is 0 Å². The molecule has 35 heavy (non-hydrogen) atoms. The van der Waals surface area contributed by atoms with Crippen molar-refractivity contribution in [1.29, 1.82) is 0 Å². The highest BCUT2D eigenvalue weighted by atomic mass is 16.5. The van der Waals surface area contributed by atoms with Crippen LogP contribution in [0.2, 0.25) is 0 Å². The van der Waals surface area contributed by atoms with Crippen LogP contribution in [0.4, 0.5) is 11.5 Å². The van der Waals surface area contributed by atoms with Gasteiger partial charge in [-0.25, -0.2) is 0 Å². The SMILES string of the molecule is CCN(CC)C(=O)COc1ccc(-c2nnc(Nc3ccc(C(N)=O)cc3)c3ccccc23)cc1. The molecule has 0 fully saturated rings. The van der Waals surface area contributed by atoms with Crippen LogP contribution in [0.25, 0.3) is 22.0 Å². The number of fused-ring (bicyclic) bond motifs is 1. The number of nitrogens with one attached hydrogen (secondary N) is 1. The molecule has 0 unspecified atom stereocenters. The van der Waals surface area contributed by atoms with Gasteiger partial charge in [-0.15, -0.1) is 10.2 Å². The lowest BCUT2D eigenvalue weighted by Crippen LogP contribution is -2.34. The van der Waals surface area contributed by atoms with E-state index in [9.17, 15) is 9.59 Å². The molecule has 4 aromatic rings. The van der Waals surface area contributed by atoms with E-state index in [2.05, 4.69) is 15.5 Å². The summed E-state index contributed by atoms with van der Waals surface area (Å²) in [5.41, 5.74) is 8.14. The number of amides is 2. The number of nitrogens with zero attached hydrogens (tertiary/aromatic N) is 3. The summed E-state index contributed by atoms with van der Waals surface area (Å²) in [5, 5.41) is 14.0. The molecule has 3 N–H and O–H groups in total. The molecule has 3 aromatic carbocycles. The predicted octanol–water partition coefficient (Wildman–Crippen LogP) is 4.39. The Morgan fingerprint density at radius 2 is 1.54 bits per heavy atom. The highest BCUT2D eigenvalue weighted by Crippen LogP contribution is 2.31. The molecule has 0 bridgehead atoms. The second kappa shape index (κ2) is 10.6. The molecule has 8 heteroatoms. The molecule has 0 radical (unpaired) electrons. The summed E-state index contributed by atoms with van der Waals surface area (Å²) in [6.07, 6.45) is 0. The maximum atomic E-state index is 12.2. The number of rotatable bonds is 9. The number of aromatic nitrogens is 2. The maximum absolute atomic E-state index is 12.2. The number of ether oxygens (including phenoxy) is 1. The van der Waals surface area contributed by atoms with Gasteiger partial charge >= 0.3 is 0 Å². The number of benzene rings is 3. The lowest BCUT2D eigenvalue weighted by atomic mass is 10.0. The van der Waals surface area contributed by atoms with Gasteiger partial charge in [-0.2, -0.15) is 0 Å². The van der Waals surface area contributed by atoms with E-state index in [0.29, 0.717) is 30.2 Å². The minimum atomic E-state index is -0.474. The molecule has 0 aliphatic heterocycles. The number of carbonyl (C=O) groups excluding carboxylic acids is 2. The lowest BCUT2D eigenvalue weighted by Gasteiger charge is -2.18. The molecular formula is C27H27N5O3. The van der Waals surface area contributed by atoms with Gasteiger partial charge in [0, 0.05) is 40.7 Å². The molecule has 0 aliphatic rings. The summed E-state index contributed by atoms with van der Waals surface area (Å²) >= 11 is 0. The van der Waals surface area contributed by atoms with Crippen molar-refractivity contribution in [1.82, 2.24) is 15.1 Å². The quantitative estimate of drug-likeness (QED) is 0.376. The summed E-state index contributed by atoms with van der Waals surface area (Å²) in [6.45, 7) is 5.22. The van der Waals surface area contributed by atoms with Gasteiger partial charge in [0.1, 0.15) is 11.4 Å². The molecule has 2 amide bonds. The first kappa shape index (κ1) is 23.7. The minimum Gasteiger partial charge on any atom is -0.484 e. The van der Waals surface area contributed by atoms with Crippen LogP contribution in [0.1, 0.15) is 24.2 Å². The van der Waals surface area contributed by atoms with Crippen molar-refractivity contribution < 1.29 is 14.3 Å². The number of likely N-dealkylation sites (N-methyl/N-ethyl adjacent to an activating group) is 1. The molecule has 0 saturated carbocycles. The van der Waals surface area contributed by atoms with Crippen LogP contribution in [0, 0.1) is 0 Å². The van der Waals surface area contributed by atoms with Crippen LogP contribution in [0.5, 0.6) is 5.75 Å². The van der Waals surface area contributed by atoms with Crippen molar-refractivity contribution in [2.75, 3.05) is 25.0 Å². The first-order valence-electron chi connectivity index (χ1n) is 11.4. The van der Waals surface area contributed by atoms with Gasteiger partial charge in [-0.1, -0.05) is 24.3 Å². The van der Waals surface area contributed by atoms with Gasteiger partial charge < -0.3 is 20.7 Å². The second-order valence-electron chi connectivity index (χ2n) is 7.89. The van der Waals surface area contributed by atoms with Crippen LogP contribution in [-0.2, 0) is 4.79 Å². The number of nitrogens with two attached hydrogens (primary N) is 1. The molecular weight excluding hydrogens is 442 g/mol. The van der Waals surface area contributed by atoms with Gasteiger partial charge in [0.25, 0.3) is 5.91 Å². The minimum absolute atomic E-state index is 0.00451. The molecule has 1 heterocycles.